The van der Waals surface area contributed by atoms with Gasteiger partial charge in [0.25, 0.3) is 23.9 Å². The Morgan fingerprint density at radius 2 is 1.04 bits per heavy atom. The summed E-state index contributed by atoms with van der Waals surface area (Å²) in [6, 6.07) is 0. The Morgan fingerprint density at radius 1 is 0.826 bits per heavy atom. The van der Waals surface area contributed by atoms with Crippen molar-refractivity contribution in [1.29, 1.82) is 0 Å². The maximum absolute atomic E-state index is 9.00. The van der Waals surface area contributed by atoms with Gasteiger partial charge in [-0.05, 0) is 6.92 Å². The first kappa shape index (κ1) is 32.6. The van der Waals surface area contributed by atoms with Crippen molar-refractivity contribution in [3.63, 3.8) is 0 Å². The molecule has 0 aliphatic carbocycles. The molecule has 7 N–H and O–H groups in total. The second-order valence-electron chi connectivity index (χ2n) is 3.19. The van der Waals surface area contributed by atoms with Gasteiger partial charge in [-0.3, -0.25) is 19.2 Å². The number of rotatable bonds is 4. The van der Waals surface area contributed by atoms with E-state index in [1.807, 2.05) is 6.92 Å². The standard InChI is InChI=1S/C4H12N2O.4C2H4O2/c1-2-7-6-4-3-5;4*1-2(3)4/h6H,2-5H2,1H3;4*1H3,(H,3,4). The Morgan fingerprint density at radius 3 is 1.17 bits per heavy atom. The molecule has 0 saturated heterocycles. The lowest BCUT2D eigenvalue weighted by atomic mass is 10.7. The summed E-state index contributed by atoms with van der Waals surface area (Å²) in [7, 11) is 0. The van der Waals surface area contributed by atoms with Crippen molar-refractivity contribution in [3.8, 4) is 0 Å². The minimum Gasteiger partial charge on any atom is -0.481 e. The first-order chi connectivity index (χ1) is 10.3. The number of nitrogens with one attached hydrogen (secondary N) is 1. The van der Waals surface area contributed by atoms with Crippen LogP contribution in [0.3, 0.4) is 0 Å². The van der Waals surface area contributed by atoms with Gasteiger partial charge in [0.15, 0.2) is 0 Å². The Kier molecular flexibility index (Phi) is 45.3. The van der Waals surface area contributed by atoms with Crippen molar-refractivity contribution in [2.45, 2.75) is 34.6 Å². The van der Waals surface area contributed by atoms with Crippen LogP contribution >= 0.6 is 0 Å². The maximum atomic E-state index is 9.00. The lowest BCUT2D eigenvalue weighted by molar-refractivity contribution is -0.135. The van der Waals surface area contributed by atoms with Gasteiger partial charge < -0.3 is 31.0 Å². The van der Waals surface area contributed by atoms with Gasteiger partial charge in [0.1, 0.15) is 0 Å². The lowest BCUT2D eigenvalue weighted by Gasteiger charge is -1.97. The highest BCUT2D eigenvalue weighted by Crippen LogP contribution is 1.59. The highest BCUT2D eigenvalue weighted by molar-refractivity contribution is 5.63. The van der Waals surface area contributed by atoms with E-state index in [1.54, 1.807) is 0 Å². The molecule has 0 amide bonds. The van der Waals surface area contributed by atoms with Crippen molar-refractivity contribution >= 4 is 23.9 Å². The van der Waals surface area contributed by atoms with Crippen molar-refractivity contribution in [2.24, 2.45) is 5.73 Å². The van der Waals surface area contributed by atoms with Crippen molar-refractivity contribution in [2.75, 3.05) is 19.7 Å². The van der Waals surface area contributed by atoms with E-state index >= 15 is 0 Å². The molecule has 140 valence electrons. The fourth-order valence-corrected chi connectivity index (χ4v) is 0.233. The van der Waals surface area contributed by atoms with Gasteiger partial charge in [-0.1, -0.05) is 0 Å². The third-order valence-corrected chi connectivity index (χ3v) is 0.493. The van der Waals surface area contributed by atoms with Crippen LogP contribution in [0.4, 0.5) is 0 Å². The minimum atomic E-state index is -0.833. The number of nitrogens with two attached hydrogens (primary N) is 1. The maximum Gasteiger partial charge on any atom is 0.300 e. The Balaban J connectivity index is -0.0000000604. The molecule has 0 aromatic heterocycles. The molecule has 0 aliphatic rings. The SMILES string of the molecule is CC(=O)O.CC(=O)O.CC(=O)O.CC(=O)O.CCONCCN. The van der Waals surface area contributed by atoms with Gasteiger partial charge in [-0.25, -0.2) is 5.48 Å². The van der Waals surface area contributed by atoms with Crippen LogP contribution in [0.5, 0.6) is 0 Å². The second kappa shape index (κ2) is 31.9. The average molecular weight is 344 g/mol. The third-order valence-electron chi connectivity index (χ3n) is 0.493. The first-order valence-corrected chi connectivity index (χ1v) is 6.17. The van der Waals surface area contributed by atoms with Crippen LogP contribution < -0.4 is 11.2 Å². The summed E-state index contributed by atoms with van der Waals surface area (Å²) in [5.74, 6) is -3.33. The molecule has 23 heavy (non-hydrogen) atoms. The Hall–Kier alpha value is -2.24. The number of carbonyl (C=O) groups is 4. The first-order valence-electron chi connectivity index (χ1n) is 6.17. The quantitative estimate of drug-likeness (QED) is 0.293. The largest absolute Gasteiger partial charge is 0.481 e. The summed E-state index contributed by atoms with van der Waals surface area (Å²) in [4.78, 5) is 40.7. The van der Waals surface area contributed by atoms with E-state index in [-0.39, 0.29) is 0 Å². The molecule has 0 aromatic carbocycles. The summed E-state index contributed by atoms with van der Waals surface area (Å²) in [5.41, 5.74) is 7.79. The molecular formula is C12H28N2O9. The monoisotopic (exact) mass is 344 g/mol. The van der Waals surface area contributed by atoms with Gasteiger partial charge in [0, 0.05) is 40.8 Å². The molecule has 0 heterocycles. The van der Waals surface area contributed by atoms with E-state index in [0.717, 1.165) is 34.2 Å². The summed E-state index contributed by atoms with van der Waals surface area (Å²) in [6.07, 6.45) is 0. The van der Waals surface area contributed by atoms with Crippen LogP contribution in [0.1, 0.15) is 34.6 Å². The zero-order chi connectivity index (χ0) is 19.8. The number of hydrogen-bond donors (Lipinski definition) is 6. The van der Waals surface area contributed by atoms with Gasteiger partial charge in [0.2, 0.25) is 0 Å². The van der Waals surface area contributed by atoms with Crippen LogP contribution in [0.2, 0.25) is 0 Å². The fourth-order valence-electron chi connectivity index (χ4n) is 0.233. The molecule has 11 nitrogen and oxygen atoms in total. The molecular weight excluding hydrogens is 316 g/mol. The van der Waals surface area contributed by atoms with Gasteiger partial charge in [0.05, 0.1) is 6.61 Å². The summed E-state index contributed by atoms with van der Waals surface area (Å²) in [5, 5.41) is 29.7. The number of hydrogen-bond acceptors (Lipinski definition) is 7. The minimum absolute atomic E-state index is 0.625. The molecule has 0 saturated carbocycles. The molecule has 0 bridgehead atoms. The number of hydroxylamine groups is 1. The fraction of sp³-hybridized carbons (Fsp3) is 0.667. The second-order valence-corrected chi connectivity index (χ2v) is 3.19. The van der Waals surface area contributed by atoms with Crippen molar-refractivity contribution in [1.82, 2.24) is 5.48 Å². The number of carboxylic acids is 4. The molecule has 0 atom stereocenters. The predicted molar refractivity (Wildman–Crippen MR) is 81.9 cm³/mol. The van der Waals surface area contributed by atoms with E-state index in [9.17, 15) is 0 Å². The number of aliphatic carboxylic acids is 4. The van der Waals surface area contributed by atoms with Crippen LogP contribution in [0, 0.1) is 0 Å². The lowest BCUT2D eigenvalue weighted by Crippen LogP contribution is -2.22. The van der Waals surface area contributed by atoms with E-state index in [1.165, 1.54) is 0 Å². The smallest absolute Gasteiger partial charge is 0.300 e. The Labute approximate surface area is 135 Å². The zero-order valence-corrected chi connectivity index (χ0v) is 14.0. The van der Waals surface area contributed by atoms with Crippen LogP contribution in [-0.2, 0) is 24.0 Å². The average Bonchev–Trinajstić information content (AvgIpc) is 2.26. The van der Waals surface area contributed by atoms with Crippen molar-refractivity contribution < 1.29 is 44.4 Å². The number of carboxylic acid groups (broad SMARTS) is 4. The summed E-state index contributed by atoms with van der Waals surface area (Å²) in [6.45, 7) is 8.30. The highest BCUT2D eigenvalue weighted by atomic mass is 16.6. The molecule has 0 fully saturated rings. The van der Waals surface area contributed by atoms with E-state index in [2.05, 4.69) is 5.48 Å². The van der Waals surface area contributed by atoms with E-state index < -0.39 is 23.9 Å². The van der Waals surface area contributed by atoms with Gasteiger partial charge >= 0.3 is 0 Å². The van der Waals surface area contributed by atoms with Crippen LogP contribution in [0.15, 0.2) is 0 Å². The molecule has 0 aliphatic heterocycles. The molecule has 0 unspecified atom stereocenters. The predicted octanol–water partition coefficient (Wildman–Crippen LogP) is -0.150. The topological polar surface area (TPSA) is 196 Å². The van der Waals surface area contributed by atoms with Gasteiger partial charge in [-0.15, -0.1) is 0 Å². The molecule has 11 heteroatoms. The van der Waals surface area contributed by atoms with Crippen LogP contribution in [0.25, 0.3) is 0 Å². The summed E-state index contributed by atoms with van der Waals surface area (Å²) >= 11 is 0. The molecule has 0 aromatic rings. The van der Waals surface area contributed by atoms with Gasteiger partial charge in [-0.2, -0.15) is 0 Å². The molecule has 0 radical (unpaired) electrons. The highest BCUT2D eigenvalue weighted by Gasteiger charge is 1.75. The zero-order valence-electron chi connectivity index (χ0n) is 14.0. The normalized spacial score (nSPS) is 7.22. The van der Waals surface area contributed by atoms with E-state index in [4.69, 9.17) is 50.2 Å². The van der Waals surface area contributed by atoms with Crippen LogP contribution in [-0.4, -0.2) is 64.0 Å². The summed E-state index contributed by atoms with van der Waals surface area (Å²) < 4.78 is 0. The molecule has 0 rings (SSSR count). The molecule has 0 spiro atoms. The van der Waals surface area contributed by atoms with E-state index in [0.29, 0.717) is 13.2 Å². The van der Waals surface area contributed by atoms with Crippen molar-refractivity contribution in [3.05, 3.63) is 0 Å². The third kappa shape index (κ3) is 2010. The Bertz CT molecular complexity index is 228.